The first-order valence-corrected chi connectivity index (χ1v) is 4.59. The van der Waals surface area contributed by atoms with Gasteiger partial charge in [0.25, 0.3) is 0 Å². The zero-order valence-electron chi connectivity index (χ0n) is 7.99. The molecule has 0 bridgehead atoms. The van der Waals surface area contributed by atoms with Crippen LogP contribution in [0.4, 0.5) is 0 Å². The van der Waals surface area contributed by atoms with E-state index in [1.165, 1.54) is 0 Å². The van der Waals surface area contributed by atoms with Crippen LogP contribution in [0.15, 0.2) is 28.7 Å². The lowest BCUT2D eigenvalue weighted by molar-refractivity contribution is 0.119. The van der Waals surface area contributed by atoms with Crippen LogP contribution in [-0.4, -0.2) is 11.7 Å². The second kappa shape index (κ2) is 3.72. The summed E-state index contributed by atoms with van der Waals surface area (Å²) in [6.45, 7) is 3.04. The van der Waals surface area contributed by atoms with Crippen molar-refractivity contribution in [3.63, 3.8) is 0 Å². The summed E-state index contributed by atoms with van der Waals surface area (Å²) in [5, 5.41) is 10.2. The zero-order valence-corrected chi connectivity index (χ0v) is 7.99. The van der Waals surface area contributed by atoms with Gasteiger partial charge in [-0.15, -0.1) is 0 Å². The van der Waals surface area contributed by atoms with Crippen molar-refractivity contribution in [3.8, 4) is 5.75 Å². The predicted octanol–water partition coefficient (Wildman–Crippen LogP) is 2.67. The molecule has 14 heavy (non-hydrogen) atoms. The molecule has 0 amide bonds. The third-order valence-corrected chi connectivity index (χ3v) is 2.04. The number of ether oxygens (including phenoxy) is 1. The van der Waals surface area contributed by atoms with Crippen molar-refractivity contribution in [2.75, 3.05) is 6.61 Å². The number of hydrogen-bond acceptors (Lipinski definition) is 3. The Morgan fingerprint density at radius 2 is 2.29 bits per heavy atom. The minimum atomic E-state index is 0.244. The molecular weight excluding hydrogens is 180 g/mol. The summed E-state index contributed by atoms with van der Waals surface area (Å²) in [5.41, 5.74) is 0.694. The van der Waals surface area contributed by atoms with Gasteiger partial charge in [-0.05, 0) is 25.1 Å². The molecule has 1 aromatic heterocycles. The van der Waals surface area contributed by atoms with Gasteiger partial charge in [-0.3, -0.25) is 0 Å². The van der Waals surface area contributed by atoms with E-state index in [0.29, 0.717) is 18.8 Å². The number of aromatic hydroxyl groups is 1. The number of phenolic OH excluding ortho intramolecular Hbond substituents is 1. The van der Waals surface area contributed by atoms with Crippen LogP contribution in [0.1, 0.15) is 12.7 Å². The van der Waals surface area contributed by atoms with Crippen molar-refractivity contribution in [1.82, 2.24) is 0 Å². The van der Waals surface area contributed by atoms with Gasteiger partial charge in [0.05, 0.1) is 5.39 Å². The highest BCUT2D eigenvalue weighted by atomic mass is 16.5. The van der Waals surface area contributed by atoms with Crippen LogP contribution in [-0.2, 0) is 11.3 Å². The molecule has 1 N–H and O–H groups in total. The van der Waals surface area contributed by atoms with Crippen molar-refractivity contribution >= 4 is 11.0 Å². The van der Waals surface area contributed by atoms with Gasteiger partial charge in [0, 0.05) is 6.61 Å². The molecule has 0 atom stereocenters. The first-order valence-electron chi connectivity index (χ1n) is 4.59. The molecule has 74 valence electrons. The number of phenols is 1. The summed E-state index contributed by atoms with van der Waals surface area (Å²) in [6.07, 6.45) is 0. The Balaban J connectivity index is 2.36. The Morgan fingerprint density at radius 3 is 3.00 bits per heavy atom. The molecule has 0 spiro atoms. The van der Waals surface area contributed by atoms with Gasteiger partial charge in [-0.25, -0.2) is 0 Å². The second-order valence-electron chi connectivity index (χ2n) is 3.04. The second-order valence-corrected chi connectivity index (χ2v) is 3.04. The largest absolute Gasteiger partial charge is 0.507 e. The molecule has 2 rings (SSSR count). The zero-order chi connectivity index (χ0) is 9.97. The molecule has 0 aliphatic heterocycles. The first kappa shape index (κ1) is 9.09. The van der Waals surface area contributed by atoms with E-state index in [2.05, 4.69) is 0 Å². The Bertz CT molecular complexity index is 431. The Morgan fingerprint density at radius 1 is 1.43 bits per heavy atom. The Labute approximate surface area is 81.9 Å². The number of fused-ring (bicyclic) bond motifs is 1. The van der Waals surface area contributed by atoms with Gasteiger partial charge in [0.15, 0.2) is 0 Å². The smallest absolute Gasteiger partial charge is 0.138 e. The van der Waals surface area contributed by atoms with E-state index in [-0.39, 0.29) is 5.75 Å². The summed E-state index contributed by atoms with van der Waals surface area (Å²) in [5.74, 6) is 0.984. The van der Waals surface area contributed by atoms with E-state index in [4.69, 9.17) is 9.15 Å². The summed E-state index contributed by atoms with van der Waals surface area (Å²) in [6, 6.07) is 7.03. The van der Waals surface area contributed by atoms with Gasteiger partial charge >= 0.3 is 0 Å². The Kier molecular flexibility index (Phi) is 2.41. The highest BCUT2D eigenvalue weighted by Crippen LogP contribution is 2.27. The minimum absolute atomic E-state index is 0.244. The maximum Gasteiger partial charge on any atom is 0.138 e. The highest BCUT2D eigenvalue weighted by Gasteiger charge is 2.06. The maximum atomic E-state index is 9.51. The summed E-state index contributed by atoms with van der Waals surface area (Å²) in [4.78, 5) is 0. The average molecular weight is 192 g/mol. The van der Waals surface area contributed by atoms with Gasteiger partial charge in [0.2, 0.25) is 0 Å². The van der Waals surface area contributed by atoms with Crippen molar-refractivity contribution < 1.29 is 14.3 Å². The van der Waals surface area contributed by atoms with E-state index < -0.39 is 0 Å². The number of furan rings is 1. The molecule has 0 fully saturated rings. The fourth-order valence-electron chi connectivity index (χ4n) is 1.37. The normalized spacial score (nSPS) is 10.9. The molecule has 0 aliphatic rings. The van der Waals surface area contributed by atoms with E-state index in [0.717, 1.165) is 11.1 Å². The standard InChI is InChI=1S/C11H12O3/c1-2-13-7-8-6-9-10(12)4-3-5-11(9)14-8/h3-6,12H,2,7H2,1H3. The van der Waals surface area contributed by atoms with Crippen LogP contribution in [0, 0.1) is 0 Å². The van der Waals surface area contributed by atoms with Crippen LogP contribution >= 0.6 is 0 Å². The third kappa shape index (κ3) is 1.59. The predicted molar refractivity (Wildman–Crippen MR) is 53.2 cm³/mol. The SMILES string of the molecule is CCOCc1cc2c(O)cccc2o1. The van der Waals surface area contributed by atoms with Crippen LogP contribution in [0.2, 0.25) is 0 Å². The highest BCUT2D eigenvalue weighted by molar-refractivity contribution is 5.84. The molecule has 1 heterocycles. The molecule has 0 unspecified atom stereocenters. The topological polar surface area (TPSA) is 42.6 Å². The molecule has 0 saturated heterocycles. The first-order chi connectivity index (χ1) is 6.81. The Hall–Kier alpha value is -1.48. The quantitative estimate of drug-likeness (QED) is 0.812. The summed E-state index contributed by atoms with van der Waals surface area (Å²) >= 11 is 0. The van der Waals surface area contributed by atoms with E-state index in [9.17, 15) is 5.11 Å². The molecule has 3 nitrogen and oxygen atoms in total. The van der Waals surface area contributed by atoms with Crippen LogP contribution in [0.5, 0.6) is 5.75 Å². The van der Waals surface area contributed by atoms with E-state index >= 15 is 0 Å². The molecule has 1 aromatic carbocycles. The molecule has 0 radical (unpaired) electrons. The number of hydrogen-bond donors (Lipinski definition) is 1. The van der Waals surface area contributed by atoms with Crippen molar-refractivity contribution in [2.45, 2.75) is 13.5 Å². The number of benzene rings is 1. The lowest BCUT2D eigenvalue weighted by Gasteiger charge is -1.94. The molecule has 2 aromatic rings. The maximum absolute atomic E-state index is 9.51. The minimum Gasteiger partial charge on any atom is -0.507 e. The van der Waals surface area contributed by atoms with Crippen molar-refractivity contribution in [2.24, 2.45) is 0 Å². The lowest BCUT2D eigenvalue weighted by atomic mass is 10.2. The molecule has 3 heteroatoms. The average Bonchev–Trinajstić information content (AvgIpc) is 2.59. The molecular formula is C11H12O3. The molecule has 0 saturated carbocycles. The van der Waals surface area contributed by atoms with Gasteiger partial charge in [0.1, 0.15) is 23.7 Å². The fourth-order valence-corrected chi connectivity index (χ4v) is 1.37. The van der Waals surface area contributed by atoms with Crippen molar-refractivity contribution in [1.29, 1.82) is 0 Å². The lowest BCUT2D eigenvalue weighted by Crippen LogP contribution is -1.88. The summed E-state index contributed by atoms with van der Waals surface area (Å²) in [7, 11) is 0. The van der Waals surface area contributed by atoms with Gasteiger partial charge in [-0.2, -0.15) is 0 Å². The van der Waals surface area contributed by atoms with Crippen LogP contribution in [0.3, 0.4) is 0 Å². The third-order valence-electron chi connectivity index (χ3n) is 2.04. The summed E-state index contributed by atoms with van der Waals surface area (Å²) < 4.78 is 10.7. The van der Waals surface area contributed by atoms with Crippen molar-refractivity contribution in [3.05, 3.63) is 30.0 Å². The number of rotatable bonds is 3. The van der Waals surface area contributed by atoms with E-state index in [1.54, 1.807) is 18.2 Å². The van der Waals surface area contributed by atoms with Crippen LogP contribution in [0.25, 0.3) is 11.0 Å². The fraction of sp³-hybridized carbons (Fsp3) is 0.273. The van der Waals surface area contributed by atoms with E-state index in [1.807, 2.05) is 13.0 Å². The van der Waals surface area contributed by atoms with Gasteiger partial charge < -0.3 is 14.3 Å². The monoisotopic (exact) mass is 192 g/mol. The molecule has 0 aliphatic carbocycles. The van der Waals surface area contributed by atoms with Crippen LogP contribution < -0.4 is 0 Å². The van der Waals surface area contributed by atoms with Gasteiger partial charge in [-0.1, -0.05) is 6.07 Å².